The molecule has 1 aliphatic heterocycles. The van der Waals surface area contributed by atoms with Gasteiger partial charge in [0, 0.05) is 31.9 Å². The van der Waals surface area contributed by atoms with Gasteiger partial charge in [-0.05, 0) is 44.3 Å². The van der Waals surface area contributed by atoms with Gasteiger partial charge in [-0.1, -0.05) is 13.8 Å². The first-order chi connectivity index (χ1) is 14.1. The molecule has 0 spiro atoms. The second-order valence-corrected chi connectivity index (χ2v) is 6.67. The molecule has 0 atom stereocenters. The number of fused-ring (bicyclic) bond motifs is 1. The van der Waals surface area contributed by atoms with Crippen molar-refractivity contribution < 1.29 is 9.53 Å². The second kappa shape index (κ2) is 9.51. The normalized spacial score (nSPS) is 12.9. The molecule has 1 aliphatic rings. The lowest BCUT2D eigenvalue weighted by Crippen LogP contribution is -2.39. The fraction of sp³-hybridized carbons (Fsp3) is 0.500. The molecule has 0 saturated heterocycles. The maximum absolute atomic E-state index is 12.8. The van der Waals surface area contributed by atoms with Crippen LogP contribution >= 0.6 is 0 Å². The Morgan fingerprint density at radius 2 is 1.86 bits per heavy atom. The SMILES string of the molecule is CCOc1ccc(N2CCn3c2nnc(C(=O)NCCN(CC)CC)c3=O)cc1. The average Bonchev–Trinajstić information content (AvgIpc) is 3.17. The maximum Gasteiger partial charge on any atom is 0.286 e. The quantitative estimate of drug-likeness (QED) is 0.677. The van der Waals surface area contributed by atoms with Crippen molar-refractivity contribution in [1.82, 2.24) is 25.0 Å². The Morgan fingerprint density at radius 3 is 2.52 bits per heavy atom. The minimum absolute atomic E-state index is 0.165. The van der Waals surface area contributed by atoms with Crippen LogP contribution in [0.5, 0.6) is 5.75 Å². The smallest absolute Gasteiger partial charge is 0.286 e. The molecule has 2 heterocycles. The number of aromatic nitrogens is 3. The molecule has 156 valence electrons. The molecule has 1 amide bonds. The molecule has 1 N–H and O–H groups in total. The Balaban J connectivity index is 1.72. The van der Waals surface area contributed by atoms with Gasteiger partial charge in [-0.15, -0.1) is 10.2 Å². The highest BCUT2D eigenvalue weighted by atomic mass is 16.5. The standard InChI is InChI=1S/C20H28N6O3/c1-4-24(5-2)12-11-21-18(27)17-19(28)26-14-13-25(20(26)23-22-17)15-7-9-16(10-8-15)29-6-3/h7-10H,4-6,11-14H2,1-3H3,(H,21,27). The van der Waals surface area contributed by atoms with Gasteiger partial charge in [0.2, 0.25) is 11.6 Å². The van der Waals surface area contributed by atoms with Crippen molar-refractivity contribution in [2.45, 2.75) is 27.3 Å². The molecule has 0 bridgehead atoms. The van der Waals surface area contributed by atoms with Crippen LogP contribution in [0.2, 0.25) is 0 Å². The number of ether oxygens (including phenoxy) is 1. The van der Waals surface area contributed by atoms with Gasteiger partial charge in [-0.2, -0.15) is 0 Å². The van der Waals surface area contributed by atoms with Crippen molar-refractivity contribution in [3.8, 4) is 5.75 Å². The molecule has 9 nitrogen and oxygen atoms in total. The van der Waals surface area contributed by atoms with Gasteiger partial charge in [0.1, 0.15) is 5.75 Å². The molecule has 1 aromatic carbocycles. The summed E-state index contributed by atoms with van der Waals surface area (Å²) in [7, 11) is 0. The number of hydrogen-bond acceptors (Lipinski definition) is 7. The molecule has 29 heavy (non-hydrogen) atoms. The van der Waals surface area contributed by atoms with E-state index in [1.54, 1.807) is 0 Å². The lowest BCUT2D eigenvalue weighted by molar-refractivity contribution is 0.0940. The monoisotopic (exact) mass is 400 g/mol. The van der Waals surface area contributed by atoms with Crippen molar-refractivity contribution >= 4 is 17.5 Å². The largest absolute Gasteiger partial charge is 0.494 e. The van der Waals surface area contributed by atoms with Crippen LogP contribution < -0.4 is 20.5 Å². The maximum atomic E-state index is 12.8. The molecular formula is C20H28N6O3. The summed E-state index contributed by atoms with van der Waals surface area (Å²) in [5.41, 5.74) is 0.315. The summed E-state index contributed by atoms with van der Waals surface area (Å²) in [5.74, 6) is 0.749. The lowest BCUT2D eigenvalue weighted by Gasteiger charge is -2.18. The van der Waals surface area contributed by atoms with Crippen molar-refractivity contribution in [3.05, 3.63) is 40.3 Å². The van der Waals surface area contributed by atoms with Crippen LogP contribution in [0, 0.1) is 0 Å². The molecule has 0 radical (unpaired) electrons. The third kappa shape index (κ3) is 4.56. The minimum atomic E-state index is -0.482. The van der Waals surface area contributed by atoms with E-state index in [0.29, 0.717) is 32.2 Å². The molecule has 2 aromatic rings. The summed E-state index contributed by atoms with van der Waals surface area (Å²) < 4.78 is 6.97. The fourth-order valence-corrected chi connectivity index (χ4v) is 3.34. The lowest BCUT2D eigenvalue weighted by atomic mass is 10.3. The number of benzene rings is 1. The minimum Gasteiger partial charge on any atom is -0.494 e. The van der Waals surface area contributed by atoms with Gasteiger partial charge in [0.25, 0.3) is 11.5 Å². The Bertz CT molecular complexity index is 892. The van der Waals surface area contributed by atoms with Crippen LogP contribution in [-0.4, -0.2) is 64.9 Å². The van der Waals surface area contributed by atoms with Crippen molar-refractivity contribution in [3.63, 3.8) is 0 Å². The number of rotatable bonds is 9. The van der Waals surface area contributed by atoms with E-state index in [-0.39, 0.29) is 5.69 Å². The average molecular weight is 400 g/mol. The highest BCUT2D eigenvalue weighted by Gasteiger charge is 2.27. The Kier molecular flexibility index (Phi) is 6.82. The van der Waals surface area contributed by atoms with Crippen molar-refractivity contribution in [1.29, 1.82) is 0 Å². The number of nitrogens with zero attached hydrogens (tertiary/aromatic N) is 5. The van der Waals surface area contributed by atoms with E-state index in [4.69, 9.17) is 4.74 Å². The zero-order chi connectivity index (χ0) is 20.8. The zero-order valence-corrected chi connectivity index (χ0v) is 17.2. The fourth-order valence-electron chi connectivity index (χ4n) is 3.34. The molecule has 0 saturated carbocycles. The van der Waals surface area contributed by atoms with E-state index in [1.807, 2.05) is 36.1 Å². The van der Waals surface area contributed by atoms with Crippen molar-refractivity contribution in [2.24, 2.45) is 0 Å². The predicted octanol–water partition coefficient (Wildman–Crippen LogP) is 1.26. The van der Waals surface area contributed by atoms with Gasteiger partial charge in [0.15, 0.2) is 0 Å². The highest BCUT2D eigenvalue weighted by molar-refractivity contribution is 5.91. The summed E-state index contributed by atoms with van der Waals surface area (Å²) in [4.78, 5) is 29.3. The summed E-state index contributed by atoms with van der Waals surface area (Å²) >= 11 is 0. The van der Waals surface area contributed by atoms with Crippen LogP contribution in [0.4, 0.5) is 11.6 Å². The van der Waals surface area contributed by atoms with E-state index >= 15 is 0 Å². The molecular weight excluding hydrogens is 372 g/mol. The number of nitrogens with one attached hydrogen (secondary N) is 1. The zero-order valence-electron chi connectivity index (χ0n) is 17.2. The van der Waals surface area contributed by atoms with Crippen molar-refractivity contribution in [2.75, 3.05) is 44.2 Å². The van der Waals surface area contributed by atoms with Gasteiger partial charge >= 0.3 is 0 Å². The Hall–Kier alpha value is -2.94. The Labute approximate surface area is 170 Å². The molecule has 0 fully saturated rings. The van der Waals surface area contributed by atoms with E-state index in [0.717, 1.165) is 31.1 Å². The molecule has 0 aliphatic carbocycles. The molecule has 3 rings (SSSR count). The van der Waals surface area contributed by atoms with Gasteiger partial charge in [0.05, 0.1) is 6.61 Å². The third-order valence-electron chi connectivity index (χ3n) is 5.00. The first kappa shape index (κ1) is 20.8. The van der Waals surface area contributed by atoms with Crippen LogP contribution in [0.25, 0.3) is 0 Å². The summed E-state index contributed by atoms with van der Waals surface area (Å²) in [6.45, 7) is 10.7. The summed E-state index contributed by atoms with van der Waals surface area (Å²) in [6, 6.07) is 7.59. The number of amides is 1. The number of carbonyl (C=O) groups is 1. The predicted molar refractivity (Wildman–Crippen MR) is 111 cm³/mol. The van der Waals surface area contributed by atoms with Crippen LogP contribution in [0.3, 0.4) is 0 Å². The second-order valence-electron chi connectivity index (χ2n) is 6.67. The van der Waals surface area contributed by atoms with E-state index < -0.39 is 11.5 Å². The highest BCUT2D eigenvalue weighted by Crippen LogP contribution is 2.28. The summed E-state index contributed by atoms with van der Waals surface area (Å²) in [5, 5.41) is 10.9. The van der Waals surface area contributed by atoms with E-state index in [9.17, 15) is 9.59 Å². The molecule has 9 heteroatoms. The Morgan fingerprint density at radius 1 is 1.14 bits per heavy atom. The van der Waals surface area contributed by atoms with Gasteiger partial charge in [-0.25, -0.2) is 0 Å². The number of anilines is 2. The van der Waals surface area contributed by atoms with E-state index in [1.165, 1.54) is 4.57 Å². The first-order valence-electron chi connectivity index (χ1n) is 10.1. The molecule has 0 unspecified atom stereocenters. The number of hydrogen-bond donors (Lipinski definition) is 1. The van der Waals surface area contributed by atoms with Gasteiger partial charge < -0.3 is 19.9 Å². The van der Waals surface area contributed by atoms with Gasteiger partial charge in [-0.3, -0.25) is 14.2 Å². The van der Waals surface area contributed by atoms with E-state index in [2.05, 4.69) is 34.3 Å². The number of carbonyl (C=O) groups excluding carboxylic acids is 1. The van der Waals surface area contributed by atoms with Crippen LogP contribution in [0.15, 0.2) is 29.1 Å². The molecule has 1 aromatic heterocycles. The van der Waals surface area contributed by atoms with Crippen LogP contribution in [-0.2, 0) is 6.54 Å². The topological polar surface area (TPSA) is 92.6 Å². The summed E-state index contributed by atoms with van der Waals surface area (Å²) in [6.07, 6.45) is 0. The van der Waals surface area contributed by atoms with Crippen LogP contribution in [0.1, 0.15) is 31.3 Å². The number of likely N-dealkylation sites (N-methyl/N-ethyl adjacent to an activating group) is 1. The third-order valence-corrected chi connectivity index (χ3v) is 5.00. The first-order valence-corrected chi connectivity index (χ1v) is 10.1.